The second-order valence-corrected chi connectivity index (χ2v) is 8.42. The molecule has 0 radical (unpaired) electrons. The van der Waals surface area contributed by atoms with E-state index in [0.717, 1.165) is 15.4 Å². The van der Waals surface area contributed by atoms with Gasteiger partial charge in [-0.25, -0.2) is 4.90 Å². The fourth-order valence-corrected chi connectivity index (χ4v) is 4.22. The van der Waals surface area contributed by atoms with Crippen molar-refractivity contribution < 1.29 is 14.3 Å². The minimum Gasteiger partial charge on any atom is -0.497 e. The smallest absolute Gasteiger partial charge is 0.283 e. The zero-order valence-electron chi connectivity index (χ0n) is 16.9. The van der Waals surface area contributed by atoms with Gasteiger partial charge in [-0.05, 0) is 61.5 Å². The van der Waals surface area contributed by atoms with Gasteiger partial charge in [0.2, 0.25) is 0 Å². The molecule has 0 saturated carbocycles. The molecule has 1 aliphatic rings. The highest BCUT2D eigenvalue weighted by atomic mass is 35.5. The van der Waals surface area contributed by atoms with Gasteiger partial charge in [-0.15, -0.1) is 0 Å². The Morgan fingerprint density at radius 1 is 0.935 bits per heavy atom. The van der Waals surface area contributed by atoms with Crippen LogP contribution in [0.4, 0.5) is 11.4 Å². The van der Waals surface area contributed by atoms with E-state index in [1.165, 1.54) is 11.8 Å². The van der Waals surface area contributed by atoms with Crippen LogP contribution in [0.25, 0.3) is 0 Å². The molecule has 1 N–H and O–H groups in total. The first-order valence-corrected chi connectivity index (χ1v) is 10.7. The lowest BCUT2D eigenvalue weighted by molar-refractivity contribution is -0.120. The number of hydrogen-bond acceptors (Lipinski definition) is 5. The molecule has 0 spiro atoms. The highest BCUT2D eigenvalue weighted by Gasteiger charge is 2.40. The summed E-state index contributed by atoms with van der Waals surface area (Å²) < 4.78 is 5.19. The lowest BCUT2D eigenvalue weighted by Crippen LogP contribution is -2.32. The third-order valence-corrected chi connectivity index (χ3v) is 6.03. The van der Waals surface area contributed by atoms with Gasteiger partial charge in [0.15, 0.2) is 0 Å². The number of methoxy groups -OCH3 is 1. The van der Waals surface area contributed by atoms with Crippen LogP contribution in [0.3, 0.4) is 0 Å². The molecule has 0 atom stereocenters. The van der Waals surface area contributed by atoms with Crippen molar-refractivity contribution in [1.82, 2.24) is 0 Å². The second kappa shape index (κ2) is 8.88. The van der Waals surface area contributed by atoms with Gasteiger partial charge in [0.1, 0.15) is 16.4 Å². The van der Waals surface area contributed by atoms with Gasteiger partial charge in [0.05, 0.1) is 12.8 Å². The molecule has 31 heavy (non-hydrogen) atoms. The van der Waals surface area contributed by atoms with Crippen LogP contribution in [0.15, 0.2) is 88.3 Å². The Kier molecular flexibility index (Phi) is 6.02. The maximum Gasteiger partial charge on any atom is 0.283 e. The molecule has 2 amide bonds. The fourth-order valence-electron chi connectivity index (χ4n) is 3.11. The summed E-state index contributed by atoms with van der Waals surface area (Å²) in [5.74, 6) is -0.130. The number of aryl methyl sites for hydroxylation is 1. The van der Waals surface area contributed by atoms with Crippen molar-refractivity contribution >= 4 is 46.6 Å². The van der Waals surface area contributed by atoms with Crippen LogP contribution >= 0.6 is 23.4 Å². The molecule has 0 saturated heterocycles. The molecule has 0 aliphatic carbocycles. The number of carbonyl (C=O) groups excluding carboxylic acids is 2. The van der Waals surface area contributed by atoms with Crippen molar-refractivity contribution in [1.29, 1.82) is 0 Å². The summed E-state index contributed by atoms with van der Waals surface area (Å²) in [6.07, 6.45) is 0. The zero-order chi connectivity index (χ0) is 22.0. The molecule has 1 aliphatic heterocycles. The topological polar surface area (TPSA) is 58.6 Å². The van der Waals surface area contributed by atoms with E-state index in [2.05, 4.69) is 5.32 Å². The first-order valence-electron chi connectivity index (χ1n) is 9.50. The maximum atomic E-state index is 13.3. The molecule has 4 rings (SSSR count). The van der Waals surface area contributed by atoms with Gasteiger partial charge < -0.3 is 10.1 Å². The Balaban J connectivity index is 1.73. The molecule has 3 aromatic rings. The number of nitrogens with zero attached hydrogens (tertiary/aromatic N) is 1. The predicted molar refractivity (Wildman–Crippen MR) is 125 cm³/mol. The molecule has 0 unspecified atom stereocenters. The SMILES string of the molecule is COc1ccc(NC2=C(Sc3ccc(C)cc3)C(=O)N(c3cccc(Cl)c3)C2=O)cc1. The number of carbonyl (C=O) groups is 2. The van der Waals surface area contributed by atoms with E-state index in [1.54, 1.807) is 55.6 Å². The minimum absolute atomic E-state index is 0.223. The Bertz CT molecular complexity index is 1170. The average molecular weight is 451 g/mol. The van der Waals surface area contributed by atoms with Gasteiger partial charge in [0, 0.05) is 15.6 Å². The van der Waals surface area contributed by atoms with E-state index in [-0.39, 0.29) is 5.70 Å². The summed E-state index contributed by atoms with van der Waals surface area (Å²) in [5, 5.41) is 3.57. The third-order valence-electron chi connectivity index (χ3n) is 4.71. The van der Waals surface area contributed by atoms with Gasteiger partial charge in [-0.3, -0.25) is 9.59 Å². The lowest BCUT2D eigenvalue weighted by Gasteiger charge is -2.15. The number of anilines is 2. The van der Waals surface area contributed by atoms with Crippen molar-refractivity contribution in [2.75, 3.05) is 17.3 Å². The Morgan fingerprint density at radius 3 is 2.29 bits per heavy atom. The third kappa shape index (κ3) is 4.45. The number of hydrogen-bond donors (Lipinski definition) is 1. The number of halogens is 1. The molecule has 0 bridgehead atoms. The number of rotatable bonds is 6. The molecule has 7 heteroatoms. The highest BCUT2D eigenvalue weighted by molar-refractivity contribution is 8.04. The molecule has 5 nitrogen and oxygen atoms in total. The van der Waals surface area contributed by atoms with Crippen LogP contribution in [0.2, 0.25) is 5.02 Å². The number of imide groups is 1. The number of nitrogens with one attached hydrogen (secondary N) is 1. The highest BCUT2D eigenvalue weighted by Crippen LogP contribution is 2.38. The van der Waals surface area contributed by atoms with Crippen LogP contribution in [0, 0.1) is 6.92 Å². The fraction of sp³-hybridized carbons (Fsp3) is 0.0833. The van der Waals surface area contributed by atoms with Gasteiger partial charge in [-0.1, -0.05) is 47.1 Å². The Morgan fingerprint density at radius 2 is 1.65 bits per heavy atom. The van der Waals surface area contributed by atoms with Crippen LogP contribution in [-0.2, 0) is 9.59 Å². The quantitative estimate of drug-likeness (QED) is 0.492. The minimum atomic E-state index is -0.433. The van der Waals surface area contributed by atoms with Crippen molar-refractivity contribution in [3.05, 3.63) is 94.0 Å². The molecule has 0 fully saturated rings. The second-order valence-electron chi connectivity index (χ2n) is 6.90. The first-order chi connectivity index (χ1) is 15.0. The van der Waals surface area contributed by atoms with E-state index in [4.69, 9.17) is 16.3 Å². The first kappa shape index (κ1) is 21.0. The van der Waals surface area contributed by atoms with Gasteiger partial charge >= 0.3 is 0 Å². The monoisotopic (exact) mass is 450 g/mol. The van der Waals surface area contributed by atoms with E-state index < -0.39 is 11.8 Å². The predicted octanol–water partition coefficient (Wildman–Crippen LogP) is 5.65. The summed E-state index contributed by atoms with van der Waals surface area (Å²) in [6.45, 7) is 2.00. The van der Waals surface area contributed by atoms with Crippen LogP contribution < -0.4 is 15.0 Å². The van der Waals surface area contributed by atoms with Crippen LogP contribution in [-0.4, -0.2) is 18.9 Å². The molecule has 1 heterocycles. The summed E-state index contributed by atoms with van der Waals surface area (Å²) in [5.41, 5.74) is 2.44. The molecule has 0 aromatic heterocycles. The number of ether oxygens (including phenoxy) is 1. The Hall–Kier alpha value is -3.22. The molecular weight excluding hydrogens is 432 g/mol. The Labute approximate surface area is 189 Å². The van der Waals surface area contributed by atoms with Crippen molar-refractivity contribution in [3.8, 4) is 5.75 Å². The van der Waals surface area contributed by atoms with E-state index in [9.17, 15) is 9.59 Å². The standard InChI is InChI=1S/C24H19ClN2O3S/c1-15-6-12-20(13-7-15)31-22-21(26-17-8-10-19(30-2)11-9-17)23(28)27(24(22)29)18-5-3-4-16(25)14-18/h3-14,26H,1-2H3. The van der Waals surface area contributed by atoms with Crippen molar-refractivity contribution in [2.24, 2.45) is 0 Å². The van der Waals surface area contributed by atoms with E-state index >= 15 is 0 Å². The summed E-state index contributed by atoms with van der Waals surface area (Å²) >= 11 is 7.36. The number of benzene rings is 3. The normalized spacial score (nSPS) is 13.7. The van der Waals surface area contributed by atoms with Crippen LogP contribution in [0.1, 0.15) is 5.56 Å². The van der Waals surface area contributed by atoms with Gasteiger partial charge in [0.25, 0.3) is 11.8 Å². The molecule has 3 aromatic carbocycles. The summed E-state index contributed by atoms with van der Waals surface area (Å²) in [7, 11) is 1.59. The molecule has 156 valence electrons. The van der Waals surface area contributed by atoms with Crippen LogP contribution in [0.5, 0.6) is 5.75 Å². The number of amides is 2. The molecular formula is C24H19ClN2O3S. The summed E-state index contributed by atoms with van der Waals surface area (Å²) in [4.78, 5) is 29.0. The lowest BCUT2D eigenvalue weighted by atomic mass is 10.2. The van der Waals surface area contributed by atoms with Crippen molar-refractivity contribution in [2.45, 2.75) is 11.8 Å². The zero-order valence-corrected chi connectivity index (χ0v) is 18.5. The maximum absolute atomic E-state index is 13.3. The largest absolute Gasteiger partial charge is 0.497 e. The van der Waals surface area contributed by atoms with Gasteiger partial charge in [-0.2, -0.15) is 0 Å². The van der Waals surface area contributed by atoms with E-state index in [1.807, 2.05) is 31.2 Å². The van der Waals surface area contributed by atoms with Crippen molar-refractivity contribution in [3.63, 3.8) is 0 Å². The average Bonchev–Trinajstić information content (AvgIpc) is 2.99. The van der Waals surface area contributed by atoms with E-state index in [0.29, 0.717) is 27.1 Å². The number of thioether (sulfide) groups is 1. The summed E-state index contributed by atoms with van der Waals surface area (Å²) in [6, 6.07) is 21.6.